The van der Waals surface area contributed by atoms with E-state index < -0.39 is 23.6 Å². The number of ether oxygens (including phenoxy) is 1. The van der Waals surface area contributed by atoms with Gasteiger partial charge in [-0.1, -0.05) is 6.07 Å². The predicted molar refractivity (Wildman–Crippen MR) is 63.7 cm³/mol. The average Bonchev–Trinajstić information content (AvgIpc) is 2.22. The van der Waals surface area contributed by atoms with Crippen molar-refractivity contribution in [3.8, 4) is 0 Å². The zero-order valence-corrected chi connectivity index (χ0v) is 10.6. The summed E-state index contributed by atoms with van der Waals surface area (Å²) >= 11 is 0. The molecule has 0 spiro atoms. The van der Waals surface area contributed by atoms with Gasteiger partial charge in [-0.25, -0.2) is 0 Å². The van der Waals surface area contributed by atoms with Crippen LogP contribution in [0, 0.1) is 6.92 Å². The number of nitrogens with two attached hydrogens (primary N) is 1. The van der Waals surface area contributed by atoms with E-state index in [9.17, 15) is 17.4 Å². The Morgan fingerprint density at radius 3 is 2.61 bits per heavy atom. The number of halogens is 3. The van der Waals surface area contributed by atoms with Gasteiger partial charge >= 0.3 is 6.18 Å². The summed E-state index contributed by atoms with van der Waals surface area (Å²) in [5.74, 6) is -0.0106. The Bertz CT molecular complexity index is 435. The smallest absolute Gasteiger partial charge is 0.398 e. The van der Waals surface area contributed by atoms with Gasteiger partial charge in [0.1, 0.15) is 6.61 Å². The Morgan fingerprint density at radius 1 is 1.39 bits per heavy atom. The molecule has 0 heterocycles. The van der Waals surface area contributed by atoms with Crippen LogP contribution in [0.25, 0.3) is 0 Å². The third-order valence-electron chi connectivity index (χ3n) is 2.09. The van der Waals surface area contributed by atoms with Crippen molar-refractivity contribution in [1.29, 1.82) is 0 Å². The second-order valence-electron chi connectivity index (χ2n) is 3.76. The number of rotatable bonds is 5. The molecule has 7 heteroatoms. The van der Waals surface area contributed by atoms with Crippen molar-refractivity contribution >= 4 is 16.5 Å². The van der Waals surface area contributed by atoms with Gasteiger partial charge in [-0.2, -0.15) is 13.2 Å². The van der Waals surface area contributed by atoms with Crippen molar-refractivity contribution in [2.45, 2.75) is 18.0 Å². The van der Waals surface area contributed by atoms with E-state index in [0.29, 0.717) is 10.6 Å². The second kappa shape index (κ2) is 6.19. The molecule has 0 aliphatic rings. The molecule has 0 aliphatic heterocycles. The largest absolute Gasteiger partial charge is 0.411 e. The van der Waals surface area contributed by atoms with Gasteiger partial charge in [-0.05, 0) is 24.6 Å². The second-order valence-corrected chi connectivity index (χ2v) is 5.30. The summed E-state index contributed by atoms with van der Waals surface area (Å²) in [5.41, 5.74) is 6.99. The Labute approximate surface area is 106 Å². The maximum absolute atomic E-state index is 11.8. The van der Waals surface area contributed by atoms with Crippen molar-refractivity contribution in [3.63, 3.8) is 0 Å². The maximum Gasteiger partial charge on any atom is 0.411 e. The minimum absolute atomic E-state index is 0.0106. The fraction of sp³-hybridized carbons (Fsp3) is 0.455. The Balaban J connectivity index is 2.46. The molecule has 18 heavy (non-hydrogen) atoms. The molecular weight excluding hydrogens is 267 g/mol. The summed E-state index contributed by atoms with van der Waals surface area (Å²) in [5, 5.41) is 0. The molecule has 1 aromatic carbocycles. The molecule has 0 bridgehead atoms. The summed E-state index contributed by atoms with van der Waals surface area (Å²) in [6, 6.07) is 5.04. The highest BCUT2D eigenvalue weighted by atomic mass is 32.2. The molecule has 1 rings (SSSR count). The molecule has 0 aliphatic carbocycles. The quantitative estimate of drug-likeness (QED) is 0.665. The number of nitrogen functional groups attached to an aromatic ring is 1. The first-order chi connectivity index (χ1) is 8.29. The van der Waals surface area contributed by atoms with Crippen LogP contribution in [0.4, 0.5) is 18.9 Å². The zero-order valence-electron chi connectivity index (χ0n) is 9.79. The molecular formula is C11H14F3NO2S. The highest BCUT2D eigenvalue weighted by Gasteiger charge is 2.27. The lowest BCUT2D eigenvalue weighted by Gasteiger charge is -2.09. The lowest BCUT2D eigenvalue weighted by atomic mass is 10.2. The van der Waals surface area contributed by atoms with Gasteiger partial charge in [0.05, 0.1) is 28.1 Å². The lowest BCUT2D eigenvalue weighted by molar-refractivity contribution is -0.172. The number of benzene rings is 1. The molecule has 0 aromatic heterocycles. The normalized spacial score (nSPS) is 13.6. The first kappa shape index (κ1) is 15.0. The van der Waals surface area contributed by atoms with Crippen molar-refractivity contribution in [2.24, 2.45) is 0 Å². The standard InChI is InChI=1S/C11H14F3NO2S/c1-8-2-3-10(9(15)6-8)18(16)5-4-17-7-11(12,13)14/h2-3,6H,4-5,7,15H2,1H3. The molecule has 0 radical (unpaired) electrons. The average molecular weight is 281 g/mol. The summed E-state index contributed by atoms with van der Waals surface area (Å²) in [6.07, 6.45) is -4.36. The van der Waals surface area contributed by atoms with E-state index in [4.69, 9.17) is 5.73 Å². The van der Waals surface area contributed by atoms with Gasteiger partial charge in [-0.3, -0.25) is 4.21 Å². The molecule has 0 saturated heterocycles. The fourth-order valence-corrected chi connectivity index (χ4v) is 2.34. The van der Waals surface area contributed by atoms with Crippen molar-refractivity contribution < 1.29 is 22.1 Å². The van der Waals surface area contributed by atoms with Gasteiger partial charge in [0, 0.05) is 5.69 Å². The van der Waals surface area contributed by atoms with E-state index in [2.05, 4.69) is 4.74 Å². The molecule has 1 aromatic rings. The molecule has 1 unspecified atom stereocenters. The van der Waals surface area contributed by atoms with E-state index in [1.165, 1.54) is 0 Å². The number of aryl methyl sites for hydroxylation is 1. The SMILES string of the molecule is Cc1ccc(S(=O)CCOCC(F)(F)F)c(N)c1. The molecule has 2 N–H and O–H groups in total. The van der Waals surface area contributed by atoms with Crippen LogP contribution in [-0.2, 0) is 15.5 Å². The first-order valence-corrected chi connectivity index (χ1v) is 6.50. The third-order valence-corrected chi connectivity index (χ3v) is 3.49. The first-order valence-electron chi connectivity index (χ1n) is 5.18. The Hall–Kier alpha value is -1.08. The van der Waals surface area contributed by atoms with Gasteiger partial charge in [-0.15, -0.1) is 0 Å². The van der Waals surface area contributed by atoms with Crippen LogP contribution in [-0.4, -0.2) is 29.4 Å². The zero-order chi connectivity index (χ0) is 13.8. The van der Waals surface area contributed by atoms with Crippen molar-refractivity contribution in [2.75, 3.05) is 24.7 Å². The van der Waals surface area contributed by atoms with Crippen LogP contribution >= 0.6 is 0 Å². The monoisotopic (exact) mass is 281 g/mol. The summed E-state index contributed by atoms with van der Waals surface area (Å²) in [6.45, 7) is 0.294. The lowest BCUT2D eigenvalue weighted by Crippen LogP contribution is -2.19. The van der Waals surface area contributed by atoms with E-state index in [1.807, 2.05) is 6.92 Å². The fourth-order valence-electron chi connectivity index (χ4n) is 1.31. The highest BCUT2D eigenvalue weighted by Crippen LogP contribution is 2.18. The molecule has 1 atom stereocenters. The number of anilines is 1. The Morgan fingerprint density at radius 2 is 2.06 bits per heavy atom. The van der Waals surface area contributed by atoms with E-state index in [1.54, 1.807) is 18.2 Å². The minimum Gasteiger partial charge on any atom is -0.398 e. The summed E-state index contributed by atoms with van der Waals surface area (Å²) in [7, 11) is -1.45. The van der Waals surface area contributed by atoms with Crippen LogP contribution < -0.4 is 5.73 Å². The van der Waals surface area contributed by atoms with Gasteiger partial charge in [0.25, 0.3) is 0 Å². The third kappa shape index (κ3) is 5.05. The maximum atomic E-state index is 11.8. The number of hydrogen-bond acceptors (Lipinski definition) is 3. The topological polar surface area (TPSA) is 52.3 Å². The van der Waals surface area contributed by atoms with E-state index in [-0.39, 0.29) is 12.4 Å². The van der Waals surface area contributed by atoms with Crippen molar-refractivity contribution in [3.05, 3.63) is 23.8 Å². The van der Waals surface area contributed by atoms with Gasteiger partial charge in [0.2, 0.25) is 0 Å². The summed E-state index contributed by atoms with van der Waals surface area (Å²) < 4.78 is 51.5. The molecule has 102 valence electrons. The van der Waals surface area contributed by atoms with Crippen molar-refractivity contribution in [1.82, 2.24) is 0 Å². The van der Waals surface area contributed by atoms with Crippen LogP contribution in [0.3, 0.4) is 0 Å². The predicted octanol–water partition coefficient (Wildman–Crippen LogP) is 2.26. The van der Waals surface area contributed by atoms with Crippen LogP contribution in [0.5, 0.6) is 0 Å². The molecule has 3 nitrogen and oxygen atoms in total. The number of hydrogen-bond donors (Lipinski definition) is 1. The number of alkyl halides is 3. The van der Waals surface area contributed by atoms with E-state index in [0.717, 1.165) is 5.56 Å². The molecule has 0 saturated carbocycles. The van der Waals surface area contributed by atoms with Crippen LogP contribution in [0.1, 0.15) is 5.56 Å². The minimum atomic E-state index is -4.36. The molecule has 0 amide bonds. The van der Waals surface area contributed by atoms with Gasteiger partial charge in [0.15, 0.2) is 0 Å². The van der Waals surface area contributed by atoms with Crippen LogP contribution in [0.2, 0.25) is 0 Å². The summed E-state index contributed by atoms with van der Waals surface area (Å²) in [4.78, 5) is 0.427. The Kier molecular flexibility index (Phi) is 5.15. The van der Waals surface area contributed by atoms with E-state index >= 15 is 0 Å². The van der Waals surface area contributed by atoms with Gasteiger partial charge < -0.3 is 10.5 Å². The highest BCUT2D eigenvalue weighted by molar-refractivity contribution is 7.85. The van der Waals surface area contributed by atoms with Crippen LogP contribution in [0.15, 0.2) is 23.1 Å². The molecule has 0 fully saturated rings.